The number of aliphatic hydroxyl groups excluding tert-OH is 1. The summed E-state index contributed by atoms with van der Waals surface area (Å²) in [4.78, 5) is 3.42. The molecule has 2 heterocycles. The average molecular weight is 202 g/mol. The Hall–Kier alpha value is -1.32. The van der Waals surface area contributed by atoms with Gasteiger partial charge in [-0.05, 0) is 18.1 Å². The third-order valence-corrected chi connectivity index (χ3v) is 3.14. The highest BCUT2D eigenvalue weighted by Gasteiger charge is 2.20. The summed E-state index contributed by atoms with van der Waals surface area (Å²) in [7, 11) is 0. The van der Waals surface area contributed by atoms with Crippen LogP contribution in [0.2, 0.25) is 0 Å². The van der Waals surface area contributed by atoms with Crippen LogP contribution in [0.25, 0.3) is 10.9 Å². The van der Waals surface area contributed by atoms with E-state index in [-0.39, 0.29) is 12.6 Å². The number of para-hydroxylation sites is 1. The standard InChI is InChI=1S/C12H14N2O/c15-7-8-5-10-9-3-1-2-4-11(9)14-12(10)6-13-8/h1-4,8,13-15H,5-7H2/t8-/m0/s1. The van der Waals surface area contributed by atoms with E-state index in [4.69, 9.17) is 5.11 Å². The number of hydrogen-bond acceptors (Lipinski definition) is 2. The lowest BCUT2D eigenvalue weighted by Crippen LogP contribution is -2.37. The van der Waals surface area contributed by atoms with Gasteiger partial charge in [0.15, 0.2) is 0 Å². The summed E-state index contributed by atoms with van der Waals surface area (Å²) in [5.41, 5.74) is 3.83. The molecule has 3 N–H and O–H groups in total. The quantitative estimate of drug-likeness (QED) is 0.650. The highest BCUT2D eigenvalue weighted by Crippen LogP contribution is 2.26. The highest BCUT2D eigenvalue weighted by atomic mass is 16.3. The maximum absolute atomic E-state index is 9.15. The molecule has 0 amide bonds. The van der Waals surface area contributed by atoms with Crippen molar-refractivity contribution in [3.63, 3.8) is 0 Å². The van der Waals surface area contributed by atoms with Crippen molar-refractivity contribution >= 4 is 10.9 Å². The summed E-state index contributed by atoms with van der Waals surface area (Å²) in [6, 6.07) is 8.55. The number of aromatic amines is 1. The smallest absolute Gasteiger partial charge is 0.0588 e. The van der Waals surface area contributed by atoms with Crippen LogP contribution in [0.3, 0.4) is 0 Å². The molecule has 0 aliphatic carbocycles. The van der Waals surface area contributed by atoms with Gasteiger partial charge in [-0.25, -0.2) is 0 Å². The van der Waals surface area contributed by atoms with Gasteiger partial charge in [-0.1, -0.05) is 18.2 Å². The van der Waals surface area contributed by atoms with Crippen molar-refractivity contribution in [3.05, 3.63) is 35.5 Å². The molecule has 1 atom stereocenters. The predicted molar refractivity (Wildman–Crippen MR) is 59.7 cm³/mol. The molecule has 0 saturated heterocycles. The summed E-state index contributed by atoms with van der Waals surface area (Å²) in [6.07, 6.45) is 0.913. The number of aliphatic hydroxyl groups is 1. The predicted octanol–water partition coefficient (Wildman–Crippen LogP) is 1.17. The molecular weight excluding hydrogens is 188 g/mol. The molecule has 0 bridgehead atoms. The minimum Gasteiger partial charge on any atom is -0.395 e. The van der Waals surface area contributed by atoms with E-state index in [0.717, 1.165) is 13.0 Å². The van der Waals surface area contributed by atoms with Gasteiger partial charge in [0.2, 0.25) is 0 Å². The Kier molecular flexibility index (Phi) is 2.01. The van der Waals surface area contributed by atoms with Gasteiger partial charge >= 0.3 is 0 Å². The zero-order valence-electron chi connectivity index (χ0n) is 8.46. The second-order valence-corrected chi connectivity index (χ2v) is 4.09. The summed E-state index contributed by atoms with van der Waals surface area (Å²) in [5.74, 6) is 0. The van der Waals surface area contributed by atoms with Gasteiger partial charge < -0.3 is 15.4 Å². The topological polar surface area (TPSA) is 48.0 Å². The minimum atomic E-state index is 0.205. The fourth-order valence-electron chi connectivity index (χ4n) is 2.33. The number of aromatic nitrogens is 1. The van der Waals surface area contributed by atoms with Crippen molar-refractivity contribution in [2.45, 2.75) is 19.0 Å². The Morgan fingerprint density at radius 3 is 3.07 bits per heavy atom. The van der Waals surface area contributed by atoms with E-state index < -0.39 is 0 Å². The van der Waals surface area contributed by atoms with Crippen molar-refractivity contribution < 1.29 is 5.11 Å². The second-order valence-electron chi connectivity index (χ2n) is 4.09. The third-order valence-electron chi connectivity index (χ3n) is 3.14. The molecular formula is C12H14N2O. The lowest BCUT2D eigenvalue weighted by atomic mass is 9.99. The summed E-state index contributed by atoms with van der Waals surface area (Å²) >= 11 is 0. The molecule has 78 valence electrons. The zero-order valence-corrected chi connectivity index (χ0v) is 8.46. The molecule has 2 aromatic rings. The van der Waals surface area contributed by atoms with Crippen LogP contribution in [0.15, 0.2) is 24.3 Å². The average Bonchev–Trinajstić information content (AvgIpc) is 2.66. The Labute approximate surface area is 88.1 Å². The fourth-order valence-corrected chi connectivity index (χ4v) is 2.33. The summed E-state index contributed by atoms with van der Waals surface area (Å²) in [5, 5.41) is 13.8. The van der Waals surface area contributed by atoms with Crippen molar-refractivity contribution in [1.29, 1.82) is 0 Å². The molecule has 0 unspecified atom stereocenters. The first-order valence-electron chi connectivity index (χ1n) is 5.31. The van der Waals surface area contributed by atoms with E-state index in [2.05, 4.69) is 28.5 Å². The molecule has 3 rings (SSSR count). The van der Waals surface area contributed by atoms with Crippen LogP contribution in [0, 0.1) is 0 Å². The van der Waals surface area contributed by atoms with Crippen molar-refractivity contribution in [3.8, 4) is 0 Å². The minimum absolute atomic E-state index is 0.205. The number of hydrogen-bond donors (Lipinski definition) is 3. The Balaban J connectivity index is 2.14. The maximum Gasteiger partial charge on any atom is 0.0588 e. The molecule has 0 spiro atoms. The van der Waals surface area contributed by atoms with E-state index in [1.54, 1.807) is 0 Å². The normalized spacial score (nSPS) is 20.5. The molecule has 15 heavy (non-hydrogen) atoms. The molecule has 1 aliphatic heterocycles. The van der Waals surface area contributed by atoms with Crippen molar-refractivity contribution in [2.75, 3.05) is 6.61 Å². The van der Waals surface area contributed by atoms with E-state index in [0.29, 0.717) is 0 Å². The second kappa shape index (κ2) is 3.36. The number of nitrogens with one attached hydrogen (secondary N) is 2. The summed E-state index contributed by atoms with van der Waals surface area (Å²) in [6.45, 7) is 1.04. The number of rotatable bonds is 1. The summed E-state index contributed by atoms with van der Waals surface area (Å²) < 4.78 is 0. The molecule has 1 aromatic carbocycles. The first-order valence-corrected chi connectivity index (χ1v) is 5.31. The number of H-pyrrole nitrogens is 1. The van der Waals surface area contributed by atoms with Crippen LogP contribution < -0.4 is 5.32 Å². The molecule has 3 nitrogen and oxygen atoms in total. The van der Waals surface area contributed by atoms with Crippen molar-refractivity contribution in [2.24, 2.45) is 0 Å². The lowest BCUT2D eigenvalue weighted by molar-refractivity contribution is 0.235. The zero-order chi connectivity index (χ0) is 10.3. The molecule has 1 aromatic heterocycles. The number of benzene rings is 1. The first-order chi connectivity index (χ1) is 7.38. The van der Waals surface area contributed by atoms with Gasteiger partial charge in [-0.3, -0.25) is 0 Å². The van der Waals surface area contributed by atoms with Crippen LogP contribution in [-0.4, -0.2) is 22.7 Å². The molecule has 1 aliphatic rings. The largest absolute Gasteiger partial charge is 0.395 e. The van der Waals surface area contributed by atoms with Crippen LogP contribution in [0.4, 0.5) is 0 Å². The third kappa shape index (κ3) is 1.35. The van der Waals surface area contributed by atoms with Crippen LogP contribution in [0.1, 0.15) is 11.3 Å². The monoisotopic (exact) mass is 202 g/mol. The van der Waals surface area contributed by atoms with E-state index in [1.807, 2.05) is 6.07 Å². The van der Waals surface area contributed by atoms with Crippen LogP contribution in [-0.2, 0) is 13.0 Å². The van der Waals surface area contributed by atoms with E-state index in [1.165, 1.54) is 22.2 Å². The molecule has 0 radical (unpaired) electrons. The molecule has 0 saturated carbocycles. The van der Waals surface area contributed by atoms with Gasteiger partial charge in [-0.15, -0.1) is 0 Å². The Bertz CT molecular complexity index is 489. The van der Waals surface area contributed by atoms with Gasteiger partial charge in [0, 0.05) is 29.2 Å². The van der Waals surface area contributed by atoms with Crippen LogP contribution >= 0.6 is 0 Å². The molecule has 0 fully saturated rings. The van der Waals surface area contributed by atoms with Crippen molar-refractivity contribution in [1.82, 2.24) is 10.3 Å². The van der Waals surface area contributed by atoms with Gasteiger partial charge in [0.1, 0.15) is 0 Å². The number of fused-ring (bicyclic) bond motifs is 3. The first kappa shape index (κ1) is 8.95. The van der Waals surface area contributed by atoms with E-state index in [9.17, 15) is 0 Å². The fraction of sp³-hybridized carbons (Fsp3) is 0.333. The Morgan fingerprint density at radius 2 is 2.20 bits per heavy atom. The van der Waals surface area contributed by atoms with Gasteiger partial charge in [0.05, 0.1) is 6.61 Å². The SMILES string of the molecule is OC[C@@H]1Cc2c([nH]c3ccccc23)CN1. The van der Waals surface area contributed by atoms with Gasteiger partial charge in [0.25, 0.3) is 0 Å². The highest BCUT2D eigenvalue weighted by molar-refractivity contribution is 5.84. The lowest BCUT2D eigenvalue weighted by Gasteiger charge is -2.22. The van der Waals surface area contributed by atoms with Crippen LogP contribution in [0.5, 0.6) is 0 Å². The Morgan fingerprint density at radius 1 is 1.33 bits per heavy atom. The van der Waals surface area contributed by atoms with Gasteiger partial charge in [-0.2, -0.15) is 0 Å². The van der Waals surface area contributed by atoms with E-state index >= 15 is 0 Å². The molecule has 3 heteroatoms. The maximum atomic E-state index is 9.15.